The molecule has 0 bridgehead atoms. The van der Waals surface area contributed by atoms with E-state index in [1.807, 2.05) is 36.4 Å². The molecule has 0 radical (unpaired) electrons. The molecule has 0 atom stereocenters. The van der Waals surface area contributed by atoms with Gasteiger partial charge in [0, 0.05) is 11.8 Å². The van der Waals surface area contributed by atoms with Gasteiger partial charge in [0.15, 0.2) is 5.69 Å². The number of rotatable bonds is 2. The van der Waals surface area contributed by atoms with Crippen molar-refractivity contribution in [2.75, 3.05) is 7.11 Å². The molecule has 16 heavy (non-hydrogen) atoms. The van der Waals surface area contributed by atoms with Gasteiger partial charge in [-0.2, -0.15) is 0 Å². The van der Waals surface area contributed by atoms with E-state index in [4.69, 9.17) is 4.74 Å². The standard InChI is InChI=1S/C13H11NO2/c1-16-13(15)12-11(8-5-9-14-12)10-6-3-2-4-7-10/h2-9H,1H3. The number of pyridine rings is 1. The van der Waals surface area contributed by atoms with Gasteiger partial charge in [-0.15, -0.1) is 0 Å². The third kappa shape index (κ3) is 1.93. The Hall–Kier alpha value is -2.16. The first-order chi connectivity index (χ1) is 7.83. The largest absolute Gasteiger partial charge is 0.464 e. The molecule has 2 rings (SSSR count). The highest BCUT2D eigenvalue weighted by Gasteiger charge is 2.13. The molecule has 3 nitrogen and oxygen atoms in total. The first-order valence-electron chi connectivity index (χ1n) is 4.91. The van der Waals surface area contributed by atoms with Crippen LogP contribution in [-0.2, 0) is 4.74 Å². The van der Waals surface area contributed by atoms with Crippen molar-refractivity contribution in [1.29, 1.82) is 0 Å². The van der Waals surface area contributed by atoms with Crippen molar-refractivity contribution in [2.24, 2.45) is 0 Å². The minimum absolute atomic E-state index is 0.344. The summed E-state index contributed by atoms with van der Waals surface area (Å²) >= 11 is 0. The van der Waals surface area contributed by atoms with Crippen LogP contribution in [0, 0.1) is 0 Å². The van der Waals surface area contributed by atoms with Crippen molar-refractivity contribution in [1.82, 2.24) is 4.98 Å². The van der Waals surface area contributed by atoms with E-state index in [2.05, 4.69) is 4.98 Å². The van der Waals surface area contributed by atoms with Crippen LogP contribution < -0.4 is 0 Å². The molecule has 80 valence electrons. The second kappa shape index (κ2) is 4.57. The molecule has 0 saturated carbocycles. The lowest BCUT2D eigenvalue weighted by molar-refractivity contribution is 0.0595. The van der Waals surface area contributed by atoms with Crippen LogP contribution in [0.5, 0.6) is 0 Å². The first-order valence-corrected chi connectivity index (χ1v) is 4.91. The Labute approximate surface area is 93.7 Å². The average Bonchev–Trinajstić information content (AvgIpc) is 2.39. The number of carbonyl (C=O) groups excluding carboxylic acids is 1. The predicted molar refractivity (Wildman–Crippen MR) is 61.0 cm³/mol. The molecule has 0 aliphatic heterocycles. The second-order valence-corrected chi connectivity index (χ2v) is 3.26. The van der Waals surface area contributed by atoms with Crippen LogP contribution >= 0.6 is 0 Å². The second-order valence-electron chi connectivity index (χ2n) is 3.26. The maximum atomic E-state index is 11.5. The van der Waals surface area contributed by atoms with Crippen LogP contribution in [0.15, 0.2) is 48.7 Å². The lowest BCUT2D eigenvalue weighted by Crippen LogP contribution is -2.05. The van der Waals surface area contributed by atoms with Crippen molar-refractivity contribution in [3.8, 4) is 11.1 Å². The third-order valence-electron chi connectivity index (χ3n) is 2.27. The Balaban J connectivity index is 2.53. The van der Waals surface area contributed by atoms with E-state index in [9.17, 15) is 4.79 Å². The zero-order valence-electron chi connectivity index (χ0n) is 8.88. The van der Waals surface area contributed by atoms with Gasteiger partial charge in [-0.3, -0.25) is 0 Å². The van der Waals surface area contributed by atoms with E-state index in [0.29, 0.717) is 5.69 Å². The predicted octanol–water partition coefficient (Wildman–Crippen LogP) is 2.54. The summed E-state index contributed by atoms with van der Waals surface area (Å²) in [4.78, 5) is 15.6. The van der Waals surface area contributed by atoms with E-state index in [1.165, 1.54) is 7.11 Å². The summed E-state index contributed by atoms with van der Waals surface area (Å²) in [5.41, 5.74) is 2.09. The SMILES string of the molecule is COC(=O)c1ncccc1-c1ccccc1. The zero-order chi connectivity index (χ0) is 11.4. The fourth-order valence-electron chi connectivity index (χ4n) is 1.52. The highest BCUT2D eigenvalue weighted by Crippen LogP contribution is 2.21. The lowest BCUT2D eigenvalue weighted by atomic mass is 10.0. The summed E-state index contributed by atoms with van der Waals surface area (Å²) in [6.07, 6.45) is 1.58. The quantitative estimate of drug-likeness (QED) is 0.719. The fourth-order valence-corrected chi connectivity index (χ4v) is 1.52. The molecule has 0 unspecified atom stereocenters. The van der Waals surface area contributed by atoms with Crippen LogP contribution in [0.3, 0.4) is 0 Å². The lowest BCUT2D eigenvalue weighted by Gasteiger charge is -2.06. The Morgan fingerprint density at radius 1 is 1.12 bits per heavy atom. The number of carbonyl (C=O) groups is 1. The summed E-state index contributed by atoms with van der Waals surface area (Å²) in [6.45, 7) is 0. The van der Waals surface area contributed by atoms with Gasteiger partial charge in [0.05, 0.1) is 7.11 Å². The van der Waals surface area contributed by atoms with E-state index in [-0.39, 0.29) is 0 Å². The number of benzene rings is 1. The van der Waals surface area contributed by atoms with Gasteiger partial charge in [0.25, 0.3) is 0 Å². The molecular weight excluding hydrogens is 202 g/mol. The van der Waals surface area contributed by atoms with E-state index < -0.39 is 5.97 Å². The van der Waals surface area contributed by atoms with Crippen LogP contribution in [0.2, 0.25) is 0 Å². The number of hydrogen-bond acceptors (Lipinski definition) is 3. The molecule has 0 N–H and O–H groups in total. The van der Waals surface area contributed by atoms with Gasteiger partial charge in [0.2, 0.25) is 0 Å². The maximum Gasteiger partial charge on any atom is 0.357 e. The van der Waals surface area contributed by atoms with Crippen LogP contribution in [0.1, 0.15) is 10.5 Å². The fraction of sp³-hybridized carbons (Fsp3) is 0.0769. The van der Waals surface area contributed by atoms with Gasteiger partial charge in [-0.25, -0.2) is 9.78 Å². The number of nitrogens with zero attached hydrogens (tertiary/aromatic N) is 1. The van der Waals surface area contributed by atoms with Crippen molar-refractivity contribution in [3.05, 3.63) is 54.4 Å². The van der Waals surface area contributed by atoms with Crippen LogP contribution in [-0.4, -0.2) is 18.1 Å². The zero-order valence-corrected chi connectivity index (χ0v) is 8.88. The Morgan fingerprint density at radius 2 is 1.88 bits per heavy atom. The van der Waals surface area contributed by atoms with Crippen molar-refractivity contribution >= 4 is 5.97 Å². The van der Waals surface area contributed by atoms with E-state index >= 15 is 0 Å². The van der Waals surface area contributed by atoms with Gasteiger partial charge in [-0.1, -0.05) is 36.4 Å². The molecule has 1 heterocycles. The first kappa shape index (κ1) is 10.4. The number of ether oxygens (including phenoxy) is 1. The molecule has 0 amide bonds. The smallest absolute Gasteiger partial charge is 0.357 e. The summed E-state index contributed by atoms with van der Waals surface area (Å²) in [7, 11) is 1.35. The minimum atomic E-state index is -0.417. The normalized spacial score (nSPS) is 9.81. The highest BCUT2D eigenvalue weighted by molar-refractivity contribution is 5.95. The Kier molecular flexibility index (Phi) is 2.96. The van der Waals surface area contributed by atoms with Gasteiger partial charge in [-0.05, 0) is 11.6 Å². The van der Waals surface area contributed by atoms with Gasteiger partial charge >= 0.3 is 5.97 Å². The van der Waals surface area contributed by atoms with Crippen LogP contribution in [0.4, 0.5) is 0 Å². The summed E-state index contributed by atoms with van der Waals surface area (Å²) < 4.78 is 4.70. The topological polar surface area (TPSA) is 39.2 Å². The number of esters is 1. The molecule has 0 saturated heterocycles. The average molecular weight is 213 g/mol. The molecule has 3 heteroatoms. The van der Waals surface area contributed by atoms with Crippen molar-refractivity contribution < 1.29 is 9.53 Å². The minimum Gasteiger partial charge on any atom is -0.464 e. The summed E-state index contributed by atoms with van der Waals surface area (Å²) in [6, 6.07) is 13.3. The van der Waals surface area contributed by atoms with Gasteiger partial charge < -0.3 is 4.74 Å². The summed E-state index contributed by atoms with van der Waals surface area (Å²) in [5.74, 6) is -0.417. The third-order valence-corrected chi connectivity index (χ3v) is 2.27. The van der Waals surface area contributed by atoms with Gasteiger partial charge in [0.1, 0.15) is 0 Å². The Bertz CT molecular complexity index is 494. The number of aromatic nitrogens is 1. The van der Waals surface area contributed by atoms with E-state index in [0.717, 1.165) is 11.1 Å². The monoisotopic (exact) mass is 213 g/mol. The molecule has 0 aliphatic rings. The molecule has 2 aromatic rings. The summed E-state index contributed by atoms with van der Waals surface area (Å²) in [5, 5.41) is 0. The van der Waals surface area contributed by atoms with Crippen molar-refractivity contribution in [2.45, 2.75) is 0 Å². The molecule has 1 aromatic carbocycles. The van der Waals surface area contributed by atoms with Crippen molar-refractivity contribution in [3.63, 3.8) is 0 Å². The van der Waals surface area contributed by atoms with Crippen LogP contribution in [0.25, 0.3) is 11.1 Å². The molecule has 0 spiro atoms. The van der Waals surface area contributed by atoms with E-state index in [1.54, 1.807) is 12.3 Å². The Morgan fingerprint density at radius 3 is 2.56 bits per heavy atom. The molecule has 0 fully saturated rings. The molecule has 0 aliphatic carbocycles. The number of hydrogen-bond donors (Lipinski definition) is 0. The molecule has 1 aromatic heterocycles. The molecular formula is C13H11NO2. The maximum absolute atomic E-state index is 11.5. The highest BCUT2D eigenvalue weighted by atomic mass is 16.5. The number of methoxy groups -OCH3 is 1.